The van der Waals surface area contributed by atoms with E-state index >= 15 is 0 Å². The van der Waals surface area contributed by atoms with Crippen molar-refractivity contribution in [3.05, 3.63) is 110 Å². The largest absolute Gasteiger partial charge is 0.368 e. The average molecular weight is 590 g/mol. The number of anilines is 2. The molecule has 6 rings (SSSR count). The second kappa shape index (κ2) is 11.1. The zero-order valence-corrected chi connectivity index (χ0v) is 23.7. The fourth-order valence-corrected chi connectivity index (χ4v) is 6.22. The van der Waals surface area contributed by atoms with Crippen molar-refractivity contribution < 1.29 is 13.6 Å². The third-order valence-corrected chi connectivity index (χ3v) is 8.54. The van der Waals surface area contributed by atoms with Crippen LogP contribution in [-0.2, 0) is 11.3 Å². The molecule has 2 fully saturated rings. The van der Waals surface area contributed by atoms with E-state index in [-0.39, 0.29) is 29.6 Å². The van der Waals surface area contributed by atoms with Gasteiger partial charge in [-0.05, 0) is 66.6 Å². The molecule has 0 atom stereocenters. The highest BCUT2D eigenvalue weighted by Crippen LogP contribution is 2.35. The molecule has 4 heterocycles. The maximum Gasteiger partial charge on any atom is 0.267 e. The number of thiocarbonyl (C=S) groups is 1. The van der Waals surface area contributed by atoms with Crippen molar-refractivity contribution in [3.8, 4) is 0 Å². The van der Waals surface area contributed by atoms with E-state index in [1.54, 1.807) is 42.6 Å². The molecule has 2 aromatic carbocycles. The molecule has 2 aromatic heterocycles. The van der Waals surface area contributed by atoms with Gasteiger partial charge in [-0.1, -0.05) is 42.2 Å². The number of hydrogen-bond donors (Lipinski definition) is 0. The second-order valence-corrected chi connectivity index (χ2v) is 11.6. The van der Waals surface area contributed by atoms with Crippen LogP contribution in [0.15, 0.2) is 76.6 Å². The molecule has 208 valence electrons. The van der Waals surface area contributed by atoms with Gasteiger partial charge in [0.1, 0.15) is 27.4 Å². The Morgan fingerprint density at radius 2 is 1.54 bits per heavy atom. The number of fused-ring (bicyclic) bond motifs is 1. The van der Waals surface area contributed by atoms with Crippen LogP contribution in [0.2, 0.25) is 0 Å². The van der Waals surface area contributed by atoms with Gasteiger partial charge in [-0.15, -0.1) is 0 Å². The van der Waals surface area contributed by atoms with Crippen LogP contribution in [0, 0.1) is 18.6 Å². The van der Waals surface area contributed by atoms with Gasteiger partial charge in [0.2, 0.25) is 0 Å². The van der Waals surface area contributed by atoms with Crippen LogP contribution in [0.1, 0.15) is 16.7 Å². The number of halogens is 2. The van der Waals surface area contributed by atoms with E-state index in [1.807, 2.05) is 17.9 Å². The van der Waals surface area contributed by atoms with Gasteiger partial charge in [-0.25, -0.2) is 13.8 Å². The summed E-state index contributed by atoms with van der Waals surface area (Å²) in [6.07, 6.45) is 3.33. The minimum Gasteiger partial charge on any atom is -0.368 e. The number of piperazine rings is 1. The standard InChI is InChI=1S/C30H25F2N5O2S2/c1-19-2-11-26-33-27(35-14-12-34(13-15-35)23-9-7-22(32)8-10-23)24(28(38)36(26)17-19)16-25-29(39)37(30(40)41-25)18-20-3-5-21(31)6-4-20/h2-11,16-17H,12-15,18H2,1H3. The molecule has 2 aliphatic rings. The first-order valence-electron chi connectivity index (χ1n) is 13.0. The number of carbonyl (C=O) groups excluding carboxylic acids is 1. The number of hydrogen-bond acceptors (Lipinski definition) is 7. The predicted molar refractivity (Wildman–Crippen MR) is 162 cm³/mol. The molecule has 0 N–H and O–H groups in total. The number of thioether (sulfide) groups is 1. The summed E-state index contributed by atoms with van der Waals surface area (Å²) in [4.78, 5) is 38.1. The molecule has 4 aromatic rings. The fourth-order valence-electron chi connectivity index (χ4n) is 4.98. The summed E-state index contributed by atoms with van der Waals surface area (Å²) in [6.45, 7) is 4.57. The molecule has 0 saturated carbocycles. The van der Waals surface area contributed by atoms with Crippen LogP contribution in [0.25, 0.3) is 11.7 Å². The number of aromatic nitrogens is 2. The van der Waals surface area contributed by atoms with Crippen molar-refractivity contribution in [2.75, 3.05) is 36.0 Å². The Bertz CT molecular complexity index is 1750. The van der Waals surface area contributed by atoms with Gasteiger partial charge in [-0.3, -0.25) is 18.9 Å². The van der Waals surface area contributed by atoms with Crippen molar-refractivity contribution in [1.29, 1.82) is 0 Å². The summed E-state index contributed by atoms with van der Waals surface area (Å²) in [6, 6.07) is 16.0. The van der Waals surface area contributed by atoms with Crippen LogP contribution in [-0.4, -0.2) is 50.7 Å². The lowest BCUT2D eigenvalue weighted by atomic mass is 10.2. The Balaban J connectivity index is 1.34. The van der Waals surface area contributed by atoms with E-state index in [9.17, 15) is 18.4 Å². The van der Waals surface area contributed by atoms with Crippen molar-refractivity contribution in [3.63, 3.8) is 0 Å². The summed E-state index contributed by atoms with van der Waals surface area (Å²) in [5, 5.41) is 0. The zero-order valence-electron chi connectivity index (χ0n) is 22.1. The molecule has 2 aliphatic heterocycles. The van der Waals surface area contributed by atoms with Crippen LogP contribution < -0.4 is 15.4 Å². The Morgan fingerprint density at radius 3 is 2.22 bits per heavy atom. The third-order valence-electron chi connectivity index (χ3n) is 7.16. The third kappa shape index (κ3) is 5.47. The highest BCUT2D eigenvalue weighted by Gasteiger charge is 2.33. The van der Waals surface area contributed by atoms with Gasteiger partial charge >= 0.3 is 0 Å². The summed E-state index contributed by atoms with van der Waals surface area (Å²) < 4.78 is 28.6. The second-order valence-electron chi connectivity index (χ2n) is 9.93. The molecule has 41 heavy (non-hydrogen) atoms. The molecule has 0 aliphatic carbocycles. The van der Waals surface area contributed by atoms with Gasteiger partial charge in [0.05, 0.1) is 17.0 Å². The molecular weight excluding hydrogens is 564 g/mol. The van der Waals surface area contributed by atoms with Gasteiger partial charge in [0.25, 0.3) is 11.5 Å². The number of amides is 1. The van der Waals surface area contributed by atoms with Crippen LogP contribution in [0.3, 0.4) is 0 Å². The summed E-state index contributed by atoms with van der Waals surface area (Å²) in [5.74, 6) is -0.452. The predicted octanol–water partition coefficient (Wildman–Crippen LogP) is 5.01. The van der Waals surface area contributed by atoms with E-state index in [4.69, 9.17) is 17.2 Å². The van der Waals surface area contributed by atoms with Gasteiger partial charge in [-0.2, -0.15) is 0 Å². The number of benzene rings is 2. The lowest BCUT2D eigenvalue weighted by molar-refractivity contribution is -0.122. The van der Waals surface area contributed by atoms with E-state index in [0.29, 0.717) is 52.4 Å². The highest BCUT2D eigenvalue weighted by atomic mass is 32.2. The summed E-state index contributed by atoms with van der Waals surface area (Å²) in [5.41, 5.74) is 3.12. The van der Waals surface area contributed by atoms with E-state index in [1.165, 1.54) is 33.6 Å². The van der Waals surface area contributed by atoms with Crippen molar-refractivity contribution >= 4 is 57.4 Å². The van der Waals surface area contributed by atoms with Crippen molar-refractivity contribution in [2.45, 2.75) is 13.5 Å². The van der Waals surface area contributed by atoms with E-state index < -0.39 is 0 Å². The first-order chi connectivity index (χ1) is 19.8. The summed E-state index contributed by atoms with van der Waals surface area (Å²) in [7, 11) is 0. The van der Waals surface area contributed by atoms with Crippen LogP contribution in [0.5, 0.6) is 0 Å². The first-order valence-corrected chi connectivity index (χ1v) is 14.3. The maximum atomic E-state index is 13.8. The SMILES string of the molecule is Cc1ccc2nc(N3CCN(c4ccc(F)cc4)CC3)c(C=C3SC(=S)N(Cc4ccc(F)cc4)C3=O)c(=O)n2c1. The van der Waals surface area contributed by atoms with Crippen molar-refractivity contribution in [2.24, 2.45) is 0 Å². The smallest absolute Gasteiger partial charge is 0.267 e. The highest BCUT2D eigenvalue weighted by molar-refractivity contribution is 8.26. The van der Waals surface area contributed by atoms with E-state index in [2.05, 4.69) is 4.90 Å². The fraction of sp³-hybridized carbons (Fsp3) is 0.200. The normalized spacial score (nSPS) is 16.9. The average Bonchev–Trinajstić information content (AvgIpc) is 3.23. The van der Waals surface area contributed by atoms with Gasteiger partial charge in [0.15, 0.2) is 0 Å². The van der Waals surface area contributed by atoms with Gasteiger partial charge < -0.3 is 9.80 Å². The molecule has 11 heteroatoms. The first kappa shape index (κ1) is 27.1. The number of pyridine rings is 1. The van der Waals surface area contributed by atoms with E-state index in [0.717, 1.165) is 28.6 Å². The van der Waals surface area contributed by atoms with Crippen LogP contribution in [0.4, 0.5) is 20.3 Å². The minimum atomic E-state index is -0.357. The molecule has 2 saturated heterocycles. The molecule has 0 bridgehead atoms. The number of aryl methyl sites for hydroxylation is 1. The Hall–Kier alpha value is -4.09. The molecule has 0 spiro atoms. The molecule has 1 amide bonds. The molecule has 0 radical (unpaired) electrons. The monoisotopic (exact) mass is 589 g/mol. The topological polar surface area (TPSA) is 61.2 Å². The zero-order chi connectivity index (χ0) is 28.7. The van der Waals surface area contributed by atoms with Crippen molar-refractivity contribution in [1.82, 2.24) is 14.3 Å². The summed E-state index contributed by atoms with van der Waals surface area (Å²) >= 11 is 6.63. The maximum absolute atomic E-state index is 13.8. The number of carbonyl (C=O) groups is 1. The Kier molecular flexibility index (Phi) is 7.31. The molecule has 7 nitrogen and oxygen atoms in total. The lowest BCUT2D eigenvalue weighted by Gasteiger charge is -2.37. The minimum absolute atomic E-state index is 0.203. The number of rotatable bonds is 5. The molecular formula is C30H25F2N5O2S2. The quantitative estimate of drug-likeness (QED) is 0.240. The van der Waals surface area contributed by atoms with Gasteiger partial charge in [0, 0.05) is 38.1 Å². The Labute approximate surface area is 244 Å². The molecule has 0 unspecified atom stereocenters. The number of nitrogens with zero attached hydrogens (tertiary/aromatic N) is 5. The Morgan fingerprint density at radius 1 is 0.902 bits per heavy atom. The lowest BCUT2D eigenvalue weighted by Crippen LogP contribution is -2.47. The van der Waals surface area contributed by atoms with Crippen LogP contribution >= 0.6 is 24.0 Å².